The number of rotatable bonds is 21. The zero-order valence-electron chi connectivity index (χ0n) is 48.1. The minimum atomic E-state index is -0.0772. The molecule has 7 rings (SSSR count). The second-order valence-electron chi connectivity index (χ2n) is 22.9. The van der Waals surface area contributed by atoms with Gasteiger partial charge in [0.1, 0.15) is 17.2 Å². The van der Waals surface area contributed by atoms with E-state index in [1.165, 1.54) is 103 Å². The van der Waals surface area contributed by atoms with Gasteiger partial charge in [0.15, 0.2) is 0 Å². The second kappa shape index (κ2) is 33.7. The molecule has 0 spiro atoms. The summed E-state index contributed by atoms with van der Waals surface area (Å²) in [6, 6.07) is 11.7. The van der Waals surface area contributed by atoms with Crippen molar-refractivity contribution in [3.05, 3.63) is 105 Å². The molecule has 6 unspecified atom stereocenters. The van der Waals surface area contributed by atoms with Crippen LogP contribution in [0.5, 0.6) is 17.2 Å². The van der Waals surface area contributed by atoms with Crippen molar-refractivity contribution in [3.8, 4) is 17.2 Å². The fourth-order valence-electron chi connectivity index (χ4n) is 11.8. The van der Waals surface area contributed by atoms with E-state index in [0.717, 1.165) is 107 Å². The van der Waals surface area contributed by atoms with Gasteiger partial charge in [-0.05, 0) is 124 Å². The van der Waals surface area contributed by atoms with Crippen LogP contribution in [0.15, 0.2) is 84.6 Å². The van der Waals surface area contributed by atoms with E-state index in [1.807, 2.05) is 92.8 Å². The highest BCUT2D eigenvalue weighted by Gasteiger charge is 2.27. The lowest BCUT2D eigenvalue weighted by Crippen LogP contribution is -2.27. The summed E-state index contributed by atoms with van der Waals surface area (Å²) < 4.78 is 0. The molecule has 3 aromatic carbocycles. The maximum atomic E-state index is 12.0. The van der Waals surface area contributed by atoms with Crippen LogP contribution in [0.3, 0.4) is 0 Å². The zero-order chi connectivity index (χ0) is 54.6. The molecule has 3 aromatic rings. The van der Waals surface area contributed by atoms with Crippen LogP contribution in [-0.2, 0) is 0 Å². The molecule has 0 aromatic heterocycles. The van der Waals surface area contributed by atoms with Crippen molar-refractivity contribution in [2.45, 2.75) is 250 Å². The molecular weight excluding hydrogens is 961 g/mol. The Morgan fingerprint density at radius 1 is 0.346 bits per heavy atom. The largest absolute Gasteiger partial charge is 0.507 e. The van der Waals surface area contributed by atoms with Crippen LogP contribution in [-0.4, -0.2) is 88.9 Å². The lowest BCUT2D eigenvalue weighted by molar-refractivity contribution is 0.389. The zero-order valence-corrected chi connectivity index (χ0v) is 48.1. The monoisotopic (exact) mass is 1060 g/mol. The molecule has 1 heterocycles. The van der Waals surface area contributed by atoms with Gasteiger partial charge in [-0.3, -0.25) is 30.0 Å². The smallest absolute Gasteiger partial charge is 0.133 e. The number of fused-ring (bicyclic) bond motifs is 9. The van der Waals surface area contributed by atoms with Crippen LogP contribution in [0.2, 0.25) is 0 Å². The highest BCUT2D eigenvalue weighted by atomic mass is 16.3. The molecule has 3 N–H and O–H groups in total. The van der Waals surface area contributed by atoms with Gasteiger partial charge in [0.2, 0.25) is 0 Å². The highest BCUT2D eigenvalue weighted by molar-refractivity contribution is 5.95. The first-order valence-electron chi connectivity index (χ1n) is 31.1. The number of allylic oxidation sites excluding steroid dienone is 3. The van der Waals surface area contributed by atoms with E-state index in [4.69, 9.17) is 30.0 Å². The lowest BCUT2D eigenvalue weighted by Gasteiger charge is -2.26. The van der Waals surface area contributed by atoms with Crippen LogP contribution in [0.25, 0.3) is 18.2 Å². The predicted molar refractivity (Wildman–Crippen MR) is 335 cm³/mol. The lowest BCUT2D eigenvalue weighted by atomic mass is 9.91. The van der Waals surface area contributed by atoms with Gasteiger partial charge in [-0.1, -0.05) is 179 Å². The summed E-state index contributed by atoms with van der Waals surface area (Å²) in [6.45, 7) is 6.54. The predicted octanol–water partition coefficient (Wildman–Crippen LogP) is 17.8. The molecule has 9 heteroatoms. The van der Waals surface area contributed by atoms with Gasteiger partial charge in [0.05, 0.1) is 36.3 Å². The van der Waals surface area contributed by atoms with Crippen molar-refractivity contribution >= 4 is 55.5 Å². The Morgan fingerprint density at radius 2 is 0.577 bits per heavy atom. The maximum Gasteiger partial charge on any atom is 0.133 e. The van der Waals surface area contributed by atoms with Gasteiger partial charge < -0.3 is 15.3 Å². The Hall–Kier alpha value is -5.70. The molecule has 6 bridgehead atoms. The van der Waals surface area contributed by atoms with Crippen LogP contribution >= 0.6 is 0 Å². The minimum Gasteiger partial charge on any atom is -0.507 e. The number of benzene rings is 3. The third-order valence-electron chi connectivity index (χ3n) is 16.5. The molecule has 3 saturated carbocycles. The summed E-state index contributed by atoms with van der Waals surface area (Å²) >= 11 is 0. The van der Waals surface area contributed by atoms with E-state index < -0.39 is 0 Å². The summed E-state index contributed by atoms with van der Waals surface area (Å²) in [5.74, 6) is 0.480. The second-order valence-corrected chi connectivity index (χ2v) is 22.9. The van der Waals surface area contributed by atoms with Crippen molar-refractivity contribution in [1.82, 2.24) is 0 Å². The van der Waals surface area contributed by atoms with Gasteiger partial charge in [-0.15, -0.1) is 0 Å². The first-order chi connectivity index (χ1) is 38.3. The Balaban J connectivity index is 1.24. The molecule has 3 aliphatic carbocycles. The molecular formula is C69H96N6O3. The number of unbranched alkanes of at least 4 members (excludes halogenated alkanes) is 16. The molecule has 9 nitrogen and oxygen atoms in total. The molecule has 1 aliphatic heterocycles. The fraction of sp³-hybridized carbons (Fsp3) is 0.565. The molecule has 420 valence electrons. The maximum absolute atomic E-state index is 12.0. The highest BCUT2D eigenvalue weighted by Crippen LogP contribution is 2.32. The van der Waals surface area contributed by atoms with Crippen molar-refractivity contribution in [2.75, 3.05) is 0 Å². The summed E-state index contributed by atoms with van der Waals surface area (Å²) in [7, 11) is 0. The SMILES string of the molecule is C/C=C/c1cc2c(O)c(c1)/C=N/C1CCCCC1/N=C/c1cc(/C=C/CCCCCCCCCC)cc(c1O)/C=N/C1CCCCC1/N=C/c1cc(/C=C\CCCCCCCCCC)cc(c1O)/C=N/C1CCCCC1/N=C/2. The Kier molecular flexibility index (Phi) is 25.9. The van der Waals surface area contributed by atoms with Crippen LogP contribution in [0.1, 0.15) is 263 Å². The molecule has 0 saturated heterocycles. The summed E-state index contributed by atoms with van der Waals surface area (Å²) in [5, 5.41) is 35.9. The van der Waals surface area contributed by atoms with E-state index in [0.29, 0.717) is 33.4 Å². The van der Waals surface area contributed by atoms with Gasteiger partial charge in [0.25, 0.3) is 0 Å². The van der Waals surface area contributed by atoms with Gasteiger partial charge in [0, 0.05) is 70.7 Å². The standard InChI is InChI=1S/C69H96N6O3/c1-4-7-9-11-13-15-17-19-21-23-32-53-42-57-48-72-63-36-27-25-34-61(63)70-46-55-40-52(31-6-3)41-56(67(55)76)47-71-62-35-26-28-37-64(62)73-49-58-43-54(33-24-22-20-18-16-14-12-10-8-5-2)45-60(69(58)78)51-75-66-39-30-29-38-65(66)74-50-59(44-53)68(57)77/h6,23-24,31-33,40-51,61-66,76-78H,4-5,7-22,25-30,34-39H2,1-3H3/b31-6+,32-23-,33-24+,70-46+,71-47+,72-48+,73-49+,74-50+,75-51+. The van der Waals surface area contributed by atoms with Gasteiger partial charge in [-0.2, -0.15) is 0 Å². The van der Waals surface area contributed by atoms with Gasteiger partial charge >= 0.3 is 0 Å². The van der Waals surface area contributed by atoms with Crippen LogP contribution < -0.4 is 0 Å². The van der Waals surface area contributed by atoms with E-state index in [-0.39, 0.29) is 53.5 Å². The topological polar surface area (TPSA) is 135 Å². The average molecular weight is 1060 g/mol. The number of hydrogen-bond acceptors (Lipinski definition) is 9. The number of phenolic OH excluding ortho intramolecular Hbond substituents is 3. The first-order valence-corrected chi connectivity index (χ1v) is 31.1. The normalized spacial score (nSPS) is 24.5. The van der Waals surface area contributed by atoms with E-state index in [1.54, 1.807) is 0 Å². The first kappa shape index (κ1) is 60.0. The number of aliphatic imine (C=N–C) groups is 6. The van der Waals surface area contributed by atoms with Crippen molar-refractivity contribution in [3.63, 3.8) is 0 Å². The van der Waals surface area contributed by atoms with Gasteiger partial charge in [-0.25, -0.2) is 0 Å². The number of phenols is 3. The summed E-state index contributed by atoms with van der Waals surface area (Å²) in [5.41, 5.74) is 6.92. The number of hydrogen-bond donors (Lipinski definition) is 3. The third-order valence-corrected chi connectivity index (χ3v) is 16.5. The average Bonchev–Trinajstić information content (AvgIpc) is 3.47. The quantitative estimate of drug-likeness (QED) is 0.0917. The number of aromatic hydroxyl groups is 3. The molecule has 6 atom stereocenters. The Bertz CT molecular complexity index is 2420. The summed E-state index contributed by atoms with van der Waals surface area (Å²) in [6.07, 6.45) is 58.4. The van der Waals surface area contributed by atoms with Crippen molar-refractivity contribution in [1.29, 1.82) is 0 Å². The molecule has 3 fully saturated rings. The minimum absolute atomic E-state index is 0.0754. The summed E-state index contributed by atoms with van der Waals surface area (Å²) in [4.78, 5) is 31.1. The van der Waals surface area contributed by atoms with Crippen LogP contribution in [0.4, 0.5) is 0 Å². The molecule has 0 radical (unpaired) electrons. The van der Waals surface area contributed by atoms with Crippen molar-refractivity contribution < 1.29 is 15.3 Å². The van der Waals surface area contributed by atoms with E-state index >= 15 is 0 Å². The van der Waals surface area contributed by atoms with E-state index in [9.17, 15) is 15.3 Å². The third kappa shape index (κ3) is 19.3. The number of nitrogens with zero attached hydrogens (tertiary/aromatic N) is 6. The Labute approximate surface area is 470 Å². The molecule has 0 amide bonds. The van der Waals surface area contributed by atoms with E-state index in [2.05, 4.69) is 38.2 Å². The molecule has 78 heavy (non-hydrogen) atoms. The van der Waals surface area contributed by atoms with Crippen LogP contribution in [0, 0.1) is 0 Å². The Morgan fingerprint density at radius 3 is 0.821 bits per heavy atom. The molecule has 4 aliphatic rings. The van der Waals surface area contributed by atoms with Crippen molar-refractivity contribution in [2.24, 2.45) is 30.0 Å². The fourth-order valence-corrected chi connectivity index (χ4v) is 11.8.